The Morgan fingerprint density at radius 3 is 2.33 bits per heavy atom. The van der Waals surface area contributed by atoms with Gasteiger partial charge in [-0.15, -0.1) is 0 Å². The second-order valence-electron chi connectivity index (χ2n) is 7.40. The fourth-order valence-electron chi connectivity index (χ4n) is 3.10. The zero-order valence-electron chi connectivity index (χ0n) is 18.5. The van der Waals surface area contributed by atoms with E-state index in [1.54, 1.807) is 42.5 Å². The molecular formula is C26H27N3O3S. The molecular weight excluding hydrogens is 434 g/mol. The minimum atomic E-state index is -0.355. The summed E-state index contributed by atoms with van der Waals surface area (Å²) in [6.45, 7) is 2.63. The van der Waals surface area contributed by atoms with Crippen molar-refractivity contribution in [3.05, 3.63) is 90.0 Å². The van der Waals surface area contributed by atoms with Crippen molar-refractivity contribution in [2.24, 2.45) is 0 Å². The summed E-state index contributed by atoms with van der Waals surface area (Å²) in [4.78, 5) is 25.0. The predicted octanol–water partition coefficient (Wildman–Crippen LogP) is 5.17. The second-order valence-corrected chi connectivity index (χ2v) is 7.81. The van der Waals surface area contributed by atoms with Gasteiger partial charge < -0.3 is 15.4 Å². The fourth-order valence-corrected chi connectivity index (χ4v) is 3.31. The molecule has 0 fully saturated rings. The lowest BCUT2D eigenvalue weighted by atomic mass is 10.1. The monoisotopic (exact) mass is 461 g/mol. The standard InChI is InChI=1S/C26H27N3O3S/c1-2-3-16-32-23-15-8-7-14-22(23)25(31)29-26(33)28-21-13-9-12-20(18-21)27-24(30)17-19-10-5-4-6-11-19/h4-15,18H,2-3,16-17H2,1H3,(H,27,30)(H2,28,29,31,33). The first kappa shape index (κ1) is 23.9. The number of anilines is 2. The second kappa shape index (κ2) is 12.4. The number of hydrogen-bond acceptors (Lipinski definition) is 4. The van der Waals surface area contributed by atoms with Crippen LogP contribution in [0.25, 0.3) is 0 Å². The summed E-state index contributed by atoms with van der Waals surface area (Å²) in [5.74, 6) is 0.0511. The summed E-state index contributed by atoms with van der Waals surface area (Å²) in [7, 11) is 0. The number of amides is 2. The van der Waals surface area contributed by atoms with Crippen LogP contribution < -0.4 is 20.7 Å². The molecule has 0 unspecified atom stereocenters. The molecule has 0 aromatic heterocycles. The minimum absolute atomic E-state index is 0.117. The molecule has 0 spiro atoms. The number of rotatable bonds is 9. The zero-order chi connectivity index (χ0) is 23.5. The summed E-state index contributed by atoms with van der Waals surface area (Å²) in [5, 5.41) is 8.69. The van der Waals surface area contributed by atoms with Crippen molar-refractivity contribution in [1.29, 1.82) is 0 Å². The van der Waals surface area contributed by atoms with Gasteiger partial charge in [0.2, 0.25) is 5.91 Å². The molecule has 0 aliphatic rings. The maximum Gasteiger partial charge on any atom is 0.261 e. The number of ether oxygens (including phenoxy) is 1. The first-order valence-electron chi connectivity index (χ1n) is 10.8. The van der Waals surface area contributed by atoms with Crippen LogP contribution >= 0.6 is 12.2 Å². The molecule has 0 heterocycles. The highest BCUT2D eigenvalue weighted by Gasteiger charge is 2.14. The first-order chi connectivity index (χ1) is 16.0. The fraction of sp³-hybridized carbons (Fsp3) is 0.192. The Morgan fingerprint density at radius 2 is 1.58 bits per heavy atom. The molecule has 0 aliphatic heterocycles. The number of hydrogen-bond donors (Lipinski definition) is 3. The van der Waals surface area contributed by atoms with Crippen molar-refractivity contribution < 1.29 is 14.3 Å². The van der Waals surface area contributed by atoms with Crippen molar-refractivity contribution in [1.82, 2.24) is 5.32 Å². The number of carbonyl (C=O) groups is 2. The first-order valence-corrected chi connectivity index (χ1v) is 11.2. The Labute approximate surface area is 199 Å². The van der Waals surface area contributed by atoms with Crippen LogP contribution in [0.4, 0.5) is 11.4 Å². The average molecular weight is 462 g/mol. The minimum Gasteiger partial charge on any atom is -0.493 e. The van der Waals surface area contributed by atoms with Crippen LogP contribution in [-0.4, -0.2) is 23.5 Å². The van der Waals surface area contributed by atoms with Crippen LogP contribution in [0, 0.1) is 0 Å². The highest BCUT2D eigenvalue weighted by Crippen LogP contribution is 2.19. The Morgan fingerprint density at radius 1 is 0.879 bits per heavy atom. The van der Waals surface area contributed by atoms with Gasteiger partial charge in [-0.05, 0) is 54.5 Å². The molecule has 3 aromatic rings. The van der Waals surface area contributed by atoms with Crippen LogP contribution in [0.15, 0.2) is 78.9 Å². The van der Waals surface area contributed by atoms with Crippen molar-refractivity contribution in [3.8, 4) is 5.75 Å². The quantitative estimate of drug-likeness (QED) is 0.303. The van der Waals surface area contributed by atoms with Crippen LogP contribution in [0.2, 0.25) is 0 Å². The van der Waals surface area contributed by atoms with Crippen LogP contribution in [0.3, 0.4) is 0 Å². The van der Waals surface area contributed by atoms with Crippen LogP contribution in [0.5, 0.6) is 5.75 Å². The van der Waals surface area contributed by atoms with Gasteiger partial charge in [0.15, 0.2) is 5.11 Å². The lowest BCUT2D eigenvalue weighted by Gasteiger charge is -2.13. The molecule has 0 saturated heterocycles. The number of carbonyl (C=O) groups excluding carboxylic acids is 2. The Balaban J connectivity index is 1.56. The van der Waals surface area contributed by atoms with Crippen molar-refractivity contribution in [2.75, 3.05) is 17.2 Å². The number of para-hydroxylation sites is 1. The molecule has 0 aliphatic carbocycles. The van der Waals surface area contributed by atoms with E-state index in [2.05, 4.69) is 22.9 Å². The van der Waals surface area contributed by atoms with Crippen LogP contribution in [0.1, 0.15) is 35.7 Å². The van der Waals surface area contributed by atoms with Gasteiger partial charge in [-0.1, -0.05) is 61.9 Å². The third-order valence-corrected chi connectivity index (χ3v) is 4.93. The van der Waals surface area contributed by atoms with E-state index in [9.17, 15) is 9.59 Å². The molecule has 170 valence electrons. The topological polar surface area (TPSA) is 79.5 Å². The van der Waals surface area contributed by atoms with Crippen LogP contribution in [-0.2, 0) is 11.2 Å². The van der Waals surface area contributed by atoms with E-state index in [-0.39, 0.29) is 23.3 Å². The smallest absolute Gasteiger partial charge is 0.261 e. The molecule has 3 N–H and O–H groups in total. The SMILES string of the molecule is CCCCOc1ccccc1C(=O)NC(=S)Nc1cccc(NC(=O)Cc2ccccc2)c1. The number of benzene rings is 3. The Bertz CT molecular complexity index is 1100. The molecule has 7 heteroatoms. The maximum atomic E-state index is 12.7. The lowest BCUT2D eigenvalue weighted by molar-refractivity contribution is -0.115. The van der Waals surface area contributed by atoms with Gasteiger partial charge in [0.25, 0.3) is 5.91 Å². The zero-order valence-corrected chi connectivity index (χ0v) is 19.3. The van der Waals surface area contributed by atoms with Crippen molar-refractivity contribution >= 4 is 40.5 Å². The third-order valence-electron chi connectivity index (χ3n) is 4.73. The molecule has 0 radical (unpaired) electrons. The largest absolute Gasteiger partial charge is 0.493 e. The van der Waals surface area contributed by atoms with Gasteiger partial charge in [-0.3, -0.25) is 14.9 Å². The number of unbranched alkanes of at least 4 members (excludes halogenated alkanes) is 1. The van der Waals surface area contributed by atoms with Gasteiger partial charge >= 0.3 is 0 Å². The van der Waals surface area contributed by atoms with E-state index in [1.165, 1.54) is 0 Å². The van der Waals surface area contributed by atoms with Gasteiger partial charge in [-0.2, -0.15) is 0 Å². The van der Waals surface area contributed by atoms with E-state index in [0.717, 1.165) is 18.4 Å². The van der Waals surface area contributed by atoms with Gasteiger partial charge in [0.05, 0.1) is 18.6 Å². The van der Waals surface area contributed by atoms with Gasteiger partial charge in [-0.25, -0.2) is 0 Å². The third kappa shape index (κ3) is 7.73. The summed E-state index contributed by atoms with van der Waals surface area (Å²) >= 11 is 5.31. The van der Waals surface area contributed by atoms with E-state index < -0.39 is 0 Å². The summed E-state index contributed by atoms with van der Waals surface area (Å²) in [6, 6.07) is 23.7. The van der Waals surface area contributed by atoms with Crippen molar-refractivity contribution in [3.63, 3.8) is 0 Å². The molecule has 0 atom stereocenters. The number of thiocarbonyl (C=S) groups is 1. The van der Waals surface area contributed by atoms with E-state index in [0.29, 0.717) is 29.3 Å². The van der Waals surface area contributed by atoms with E-state index in [1.807, 2.05) is 36.4 Å². The van der Waals surface area contributed by atoms with E-state index >= 15 is 0 Å². The van der Waals surface area contributed by atoms with Crippen molar-refractivity contribution in [2.45, 2.75) is 26.2 Å². The predicted molar refractivity (Wildman–Crippen MR) is 136 cm³/mol. The average Bonchev–Trinajstić information content (AvgIpc) is 2.80. The molecule has 0 bridgehead atoms. The van der Waals surface area contributed by atoms with Gasteiger partial charge in [0, 0.05) is 11.4 Å². The highest BCUT2D eigenvalue weighted by molar-refractivity contribution is 7.80. The summed E-state index contributed by atoms with van der Waals surface area (Å²) in [6.07, 6.45) is 2.20. The molecule has 3 rings (SSSR count). The molecule has 33 heavy (non-hydrogen) atoms. The molecule has 6 nitrogen and oxygen atoms in total. The highest BCUT2D eigenvalue weighted by atomic mass is 32.1. The normalized spacial score (nSPS) is 10.2. The summed E-state index contributed by atoms with van der Waals surface area (Å²) < 4.78 is 5.73. The Kier molecular flexibility index (Phi) is 8.97. The maximum absolute atomic E-state index is 12.7. The Hall–Kier alpha value is -3.71. The molecule has 0 saturated carbocycles. The van der Waals surface area contributed by atoms with E-state index in [4.69, 9.17) is 17.0 Å². The molecule has 3 aromatic carbocycles. The summed E-state index contributed by atoms with van der Waals surface area (Å²) in [5.41, 5.74) is 2.63. The van der Waals surface area contributed by atoms with Gasteiger partial charge in [0.1, 0.15) is 5.75 Å². The lowest BCUT2D eigenvalue weighted by Crippen LogP contribution is -2.34. The molecule has 2 amide bonds. The number of nitrogens with one attached hydrogen (secondary N) is 3.